The Morgan fingerprint density at radius 1 is 1.50 bits per heavy atom. The summed E-state index contributed by atoms with van der Waals surface area (Å²) in [4.78, 5) is 10.4. The largest absolute Gasteiger partial charge is 0.493 e. The molecule has 3 nitrogen and oxygen atoms in total. The maximum absolute atomic E-state index is 13.4. The summed E-state index contributed by atoms with van der Waals surface area (Å²) in [5.74, 6) is -1.02. The molecule has 0 fully saturated rings. The zero-order chi connectivity index (χ0) is 12.1. The van der Waals surface area contributed by atoms with Crippen LogP contribution in [0.3, 0.4) is 0 Å². The second kappa shape index (κ2) is 5.49. The lowest BCUT2D eigenvalue weighted by Gasteiger charge is -2.11. The van der Waals surface area contributed by atoms with Crippen molar-refractivity contribution in [1.82, 2.24) is 0 Å². The molecule has 1 aromatic carbocycles. The van der Waals surface area contributed by atoms with Crippen molar-refractivity contribution < 1.29 is 19.0 Å². The Hall–Kier alpha value is -1.58. The van der Waals surface area contributed by atoms with Crippen LogP contribution in [0, 0.1) is 12.7 Å². The molecule has 0 bridgehead atoms. The fourth-order valence-corrected chi connectivity index (χ4v) is 1.65. The van der Waals surface area contributed by atoms with E-state index in [1.54, 1.807) is 6.07 Å². The molecule has 16 heavy (non-hydrogen) atoms. The van der Waals surface area contributed by atoms with Crippen LogP contribution in [-0.4, -0.2) is 18.2 Å². The molecule has 0 aliphatic rings. The third-order valence-electron chi connectivity index (χ3n) is 2.47. The van der Waals surface area contributed by atoms with E-state index in [1.807, 2.05) is 6.92 Å². The summed E-state index contributed by atoms with van der Waals surface area (Å²) in [5, 5.41) is 8.54. The zero-order valence-corrected chi connectivity index (χ0v) is 9.42. The Morgan fingerprint density at radius 3 is 2.75 bits per heavy atom. The lowest BCUT2D eigenvalue weighted by atomic mass is 10.0. The summed E-state index contributed by atoms with van der Waals surface area (Å²) >= 11 is 0. The standard InChI is InChI=1S/C12H15FO3/c1-8-6-7-10(13)12(16-2)9(8)4-3-5-11(14)15/h6-7H,3-5H2,1-2H3,(H,14,15). The van der Waals surface area contributed by atoms with Crippen molar-refractivity contribution in [2.75, 3.05) is 7.11 Å². The van der Waals surface area contributed by atoms with E-state index >= 15 is 0 Å². The minimum Gasteiger partial charge on any atom is -0.493 e. The average molecular weight is 226 g/mol. The summed E-state index contributed by atoms with van der Waals surface area (Å²) in [6.45, 7) is 1.86. The maximum Gasteiger partial charge on any atom is 0.303 e. The number of methoxy groups -OCH3 is 1. The van der Waals surface area contributed by atoms with Crippen molar-refractivity contribution in [3.63, 3.8) is 0 Å². The van der Waals surface area contributed by atoms with E-state index in [-0.39, 0.29) is 12.2 Å². The van der Waals surface area contributed by atoms with Gasteiger partial charge in [-0.15, -0.1) is 0 Å². The van der Waals surface area contributed by atoms with Crippen LogP contribution in [0.5, 0.6) is 5.75 Å². The van der Waals surface area contributed by atoms with E-state index in [1.165, 1.54) is 13.2 Å². The lowest BCUT2D eigenvalue weighted by Crippen LogP contribution is -2.01. The summed E-state index contributed by atoms with van der Waals surface area (Å²) in [7, 11) is 1.42. The number of benzene rings is 1. The molecule has 0 unspecified atom stereocenters. The molecule has 0 aliphatic carbocycles. The number of hydrogen-bond donors (Lipinski definition) is 1. The number of ether oxygens (including phenoxy) is 1. The molecule has 0 heterocycles. The number of carboxylic acids is 1. The first kappa shape index (κ1) is 12.5. The van der Waals surface area contributed by atoms with Gasteiger partial charge in [-0.1, -0.05) is 6.07 Å². The molecule has 0 saturated heterocycles. The molecule has 1 N–H and O–H groups in total. The maximum atomic E-state index is 13.4. The van der Waals surface area contributed by atoms with Gasteiger partial charge in [-0.2, -0.15) is 0 Å². The lowest BCUT2D eigenvalue weighted by molar-refractivity contribution is -0.137. The molecule has 0 radical (unpaired) electrons. The highest BCUT2D eigenvalue weighted by atomic mass is 19.1. The Morgan fingerprint density at radius 2 is 2.19 bits per heavy atom. The van der Waals surface area contributed by atoms with Gasteiger partial charge in [0.2, 0.25) is 0 Å². The van der Waals surface area contributed by atoms with Crippen LogP contribution in [0.1, 0.15) is 24.0 Å². The van der Waals surface area contributed by atoms with E-state index in [2.05, 4.69) is 0 Å². The summed E-state index contributed by atoms with van der Waals surface area (Å²) < 4.78 is 18.4. The van der Waals surface area contributed by atoms with Gasteiger partial charge in [-0.05, 0) is 31.4 Å². The van der Waals surface area contributed by atoms with E-state index in [9.17, 15) is 9.18 Å². The molecule has 0 saturated carbocycles. The van der Waals surface area contributed by atoms with Gasteiger partial charge in [0.15, 0.2) is 11.6 Å². The van der Waals surface area contributed by atoms with Crippen LogP contribution in [0.4, 0.5) is 4.39 Å². The van der Waals surface area contributed by atoms with Gasteiger partial charge in [-0.3, -0.25) is 4.79 Å². The van der Waals surface area contributed by atoms with Crippen molar-refractivity contribution in [3.05, 3.63) is 29.1 Å². The summed E-state index contributed by atoms with van der Waals surface area (Å²) in [6, 6.07) is 3.03. The van der Waals surface area contributed by atoms with Crippen molar-refractivity contribution >= 4 is 5.97 Å². The predicted octanol–water partition coefficient (Wildman–Crippen LogP) is 2.55. The van der Waals surface area contributed by atoms with Gasteiger partial charge >= 0.3 is 5.97 Å². The van der Waals surface area contributed by atoms with Gasteiger partial charge in [0.25, 0.3) is 0 Å². The molecule has 1 aromatic rings. The Bertz CT molecular complexity index is 388. The highest BCUT2D eigenvalue weighted by Crippen LogP contribution is 2.27. The van der Waals surface area contributed by atoms with Crippen LogP contribution in [0.25, 0.3) is 0 Å². The van der Waals surface area contributed by atoms with E-state index in [0.29, 0.717) is 12.8 Å². The summed E-state index contributed by atoms with van der Waals surface area (Å²) in [6.07, 6.45) is 1.08. The highest BCUT2D eigenvalue weighted by Gasteiger charge is 2.12. The molecular formula is C12H15FO3. The van der Waals surface area contributed by atoms with Gasteiger partial charge < -0.3 is 9.84 Å². The van der Waals surface area contributed by atoms with Crippen LogP contribution in [0.2, 0.25) is 0 Å². The van der Waals surface area contributed by atoms with Crippen molar-refractivity contribution in [2.45, 2.75) is 26.2 Å². The molecule has 0 aromatic heterocycles. The van der Waals surface area contributed by atoms with Gasteiger partial charge in [-0.25, -0.2) is 4.39 Å². The number of halogens is 1. The minimum atomic E-state index is -0.840. The Balaban J connectivity index is 2.84. The molecule has 0 aliphatic heterocycles. The topological polar surface area (TPSA) is 46.5 Å². The Kier molecular flexibility index (Phi) is 4.28. The highest BCUT2D eigenvalue weighted by molar-refractivity contribution is 5.66. The van der Waals surface area contributed by atoms with Crippen molar-refractivity contribution in [3.8, 4) is 5.75 Å². The molecule has 4 heteroatoms. The van der Waals surface area contributed by atoms with Crippen LogP contribution in [-0.2, 0) is 11.2 Å². The number of rotatable bonds is 5. The normalized spacial score (nSPS) is 10.2. The summed E-state index contributed by atoms with van der Waals surface area (Å²) in [5.41, 5.74) is 1.67. The first-order valence-corrected chi connectivity index (χ1v) is 5.10. The van der Waals surface area contributed by atoms with E-state index in [4.69, 9.17) is 9.84 Å². The predicted molar refractivity (Wildman–Crippen MR) is 58.3 cm³/mol. The molecule has 0 atom stereocenters. The van der Waals surface area contributed by atoms with Gasteiger partial charge in [0.1, 0.15) is 0 Å². The van der Waals surface area contributed by atoms with Gasteiger partial charge in [0.05, 0.1) is 7.11 Å². The molecule has 1 rings (SSSR count). The van der Waals surface area contributed by atoms with Crippen LogP contribution in [0.15, 0.2) is 12.1 Å². The van der Waals surface area contributed by atoms with Gasteiger partial charge in [0, 0.05) is 12.0 Å². The molecule has 0 amide bonds. The molecule has 88 valence electrons. The first-order valence-electron chi connectivity index (χ1n) is 5.10. The SMILES string of the molecule is COc1c(F)ccc(C)c1CCCC(=O)O. The van der Waals surface area contributed by atoms with E-state index in [0.717, 1.165) is 11.1 Å². The number of aliphatic carboxylic acids is 1. The zero-order valence-electron chi connectivity index (χ0n) is 9.42. The molecular weight excluding hydrogens is 211 g/mol. The Labute approximate surface area is 93.9 Å². The third kappa shape index (κ3) is 2.95. The number of hydrogen-bond acceptors (Lipinski definition) is 2. The van der Waals surface area contributed by atoms with Crippen LogP contribution < -0.4 is 4.74 Å². The minimum absolute atomic E-state index is 0.0824. The van der Waals surface area contributed by atoms with Crippen molar-refractivity contribution in [1.29, 1.82) is 0 Å². The number of carbonyl (C=O) groups is 1. The quantitative estimate of drug-likeness (QED) is 0.839. The third-order valence-corrected chi connectivity index (χ3v) is 2.47. The van der Waals surface area contributed by atoms with Crippen LogP contribution >= 0.6 is 0 Å². The first-order chi connectivity index (χ1) is 7.56. The monoisotopic (exact) mass is 226 g/mol. The van der Waals surface area contributed by atoms with E-state index < -0.39 is 11.8 Å². The average Bonchev–Trinajstić information content (AvgIpc) is 2.23. The number of carboxylic acid groups (broad SMARTS) is 1. The fourth-order valence-electron chi connectivity index (χ4n) is 1.65. The second-order valence-electron chi connectivity index (χ2n) is 3.62. The van der Waals surface area contributed by atoms with Crippen molar-refractivity contribution in [2.24, 2.45) is 0 Å². The fraction of sp³-hybridized carbons (Fsp3) is 0.417. The molecule has 0 spiro atoms. The second-order valence-corrected chi connectivity index (χ2v) is 3.62. The number of aryl methyl sites for hydroxylation is 1. The smallest absolute Gasteiger partial charge is 0.303 e.